The summed E-state index contributed by atoms with van der Waals surface area (Å²) in [7, 11) is 0. The molecule has 43 heavy (non-hydrogen) atoms. The third kappa shape index (κ3) is 8.89. The van der Waals surface area contributed by atoms with Gasteiger partial charge in [-0.1, -0.05) is 77.8 Å². The third-order valence-electron chi connectivity index (χ3n) is 7.05. The van der Waals surface area contributed by atoms with Gasteiger partial charge in [0.25, 0.3) is 0 Å². The van der Waals surface area contributed by atoms with Crippen LogP contribution in [0.15, 0.2) is 91.0 Å². The summed E-state index contributed by atoms with van der Waals surface area (Å²) >= 11 is 11.5. The number of rotatable bonds is 4. The molecule has 2 aromatic heterocycles. The summed E-state index contributed by atoms with van der Waals surface area (Å²) in [5, 5.41) is 7.48. The highest BCUT2D eigenvalue weighted by Gasteiger charge is 2.17. The van der Waals surface area contributed by atoms with Crippen molar-refractivity contribution in [1.82, 2.24) is 19.9 Å². The van der Waals surface area contributed by atoms with Crippen molar-refractivity contribution in [2.45, 2.75) is 51.4 Å². The van der Waals surface area contributed by atoms with Crippen molar-refractivity contribution in [3.8, 4) is 0 Å². The molecular formula is C34H35Cl2N7. The smallest absolute Gasteiger partial charge is 0.174 e. The van der Waals surface area contributed by atoms with Crippen molar-refractivity contribution < 1.29 is 0 Å². The quantitative estimate of drug-likeness (QED) is 0.174. The fourth-order valence-electron chi connectivity index (χ4n) is 4.88. The van der Waals surface area contributed by atoms with E-state index in [9.17, 15) is 0 Å². The van der Waals surface area contributed by atoms with Crippen molar-refractivity contribution >= 4 is 51.9 Å². The number of aromatic nitrogens is 4. The molecule has 0 saturated heterocycles. The molecule has 5 aromatic rings. The Morgan fingerprint density at radius 2 is 0.791 bits per heavy atom. The van der Waals surface area contributed by atoms with Crippen LogP contribution in [-0.4, -0.2) is 19.9 Å². The minimum atomic E-state index is 0.331. The molecule has 4 N–H and O–H groups in total. The predicted molar refractivity (Wildman–Crippen MR) is 178 cm³/mol. The van der Waals surface area contributed by atoms with Gasteiger partial charge >= 0.3 is 0 Å². The van der Waals surface area contributed by atoms with Crippen molar-refractivity contribution in [2.24, 2.45) is 0 Å². The first kappa shape index (κ1) is 30.3. The molecule has 0 atom stereocenters. The van der Waals surface area contributed by atoms with Crippen LogP contribution in [-0.2, 0) is 25.7 Å². The summed E-state index contributed by atoms with van der Waals surface area (Å²) in [5.41, 5.74) is 12.5. The Morgan fingerprint density at radius 3 is 1.12 bits per heavy atom. The predicted octanol–water partition coefficient (Wildman–Crippen LogP) is 8.77. The molecule has 0 spiro atoms. The molecule has 220 valence electrons. The zero-order valence-corrected chi connectivity index (χ0v) is 25.5. The SMILES string of the molecule is Clc1nc2c(nc1Cl)CCCC2.Nc1ccccc1.c1ccc(Nc2nc3c(nc2Nc2ccccc2)CCCC3)cc1. The lowest BCUT2D eigenvalue weighted by atomic mass is 10.0. The molecule has 0 fully saturated rings. The van der Waals surface area contributed by atoms with Crippen molar-refractivity contribution in [3.05, 3.63) is 124 Å². The van der Waals surface area contributed by atoms with Crippen molar-refractivity contribution in [1.29, 1.82) is 0 Å². The molecule has 3 aromatic carbocycles. The second-order valence-electron chi connectivity index (χ2n) is 10.3. The molecule has 2 aliphatic carbocycles. The highest BCUT2D eigenvalue weighted by atomic mass is 35.5. The van der Waals surface area contributed by atoms with Gasteiger partial charge in [-0.2, -0.15) is 0 Å². The van der Waals surface area contributed by atoms with E-state index in [4.69, 9.17) is 38.9 Å². The second-order valence-corrected chi connectivity index (χ2v) is 11.0. The van der Waals surface area contributed by atoms with Crippen LogP contribution >= 0.6 is 23.2 Å². The maximum atomic E-state index is 5.74. The van der Waals surface area contributed by atoms with E-state index < -0.39 is 0 Å². The van der Waals surface area contributed by atoms with Crippen molar-refractivity contribution in [3.63, 3.8) is 0 Å². The molecule has 0 bridgehead atoms. The normalized spacial score (nSPS) is 13.2. The Labute approximate surface area is 263 Å². The lowest BCUT2D eigenvalue weighted by Gasteiger charge is -2.19. The molecule has 0 unspecified atom stereocenters. The van der Waals surface area contributed by atoms with Gasteiger partial charge in [0.1, 0.15) is 0 Å². The van der Waals surface area contributed by atoms with Crippen LogP contribution in [0.25, 0.3) is 0 Å². The number of hydrogen-bond donors (Lipinski definition) is 3. The summed E-state index contributed by atoms with van der Waals surface area (Å²) in [6.07, 6.45) is 8.74. The van der Waals surface area contributed by atoms with Gasteiger partial charge in [-0.15, -0.1) is 0 Å². The molecule has 9 heteroatoms. The second kappa shape index (κ2) is 15.3. The summed E-state index contributed by atoms with van der Waals surface area (Å²) in [6, 6.07) is 29.7. The van der Waals surface area contributed by atoms with Crippen LogP contribution in [0, 0.1) is 0 Å². The van der Waals surface area contributed by atoms with Crippen LogP contribution in [0.2, 0.25) is 10.3 Å². The fourth-order valence-corrected chi connectivity index (χ4v) is 5.17. The Hall–Kier alpha value is -4.20. The molecule has 0 radical (unpaired) electrons. The summed E-state index contributed by atoms with van der Waals surface area (Å²) < 4.78 is 0. The molecule has 0 amide bonds. The van der Waals surface area contributed by atoms with Gasteiger partial charge in [0.05, 0.1) is 22.8 Å². The van der Waals surface area contributed by atoms with E-state index in [1.165, 1.54) is 25.7 Å². The number of nitrogen functional groups attached to an aromatic ring is 1. The molecule has 7 nitrogen and oxygen atoms in total. The number of nitrogens with one attached hydrogen (secondary N) is 2. The summed E-state index contributed by atoms with van der Waals surface area (Å²) in [4.78, 5) is 18.1. The van der Waals surface area contributed by atoms with Crippen LogP contribution in [0.5, 0.6) is 0 Å². The Bertz CT molecular complexity index is 1500. The zero-order chi connectivity index (χ0) is 29.9. The number of hydrogen-bond acceptors (Lipinski definition) is 7. The zero-order valence-electron chi connectivity index (χ0n) is 23.9. The van der Waals surface area contributed by atoms with E-state index in [1.807, 2.05) is 91.0 Å². The number of fused-ring (bicyclic) bond motifs is 2. The first-order valence-electron chi connectivity index (χ1n) is 14.6. The number of halogens is 2. The molecule has 2 aliphatic rings. The van der Waals surface area contributed by atoms with Gasteiger partial charge in [-0.3, -0.25) is 0 Å². The Balaban J connectivity index is 0.000000159. The summed E-state index contributed by atoms with van der Waals surface area (Å²) in [5.74, 6) is 1.57. The van der Waals surface area contributed by atoms with Gasteiger partial charge in [0.15, 0.2) is 21.9 Å². The average Bonchev–Trinajstić information content (AvgIpc) is 3.04. The van der Waals surface area contributed by atoms with Gasteiger partial charge in [-0.25, -0.2) is 19.9 Å². The molecule has 7 rings (SSSR count). The lowest BCUT2D eigenvalue weighted by molar-refractivity contribution is 0.649. The number of anilines is 5. The van der Waals surface area contributed by atoms with E-state index in [0.29, 0.717) is 10.3 Å². The van der Waals surface area contributed by atoms with E-state index in [2.05, 4.69) is 20.6 Å². The number of nitrogens with zero attached hydrogens (tertiary/aromatic N) is 4. The fraction of sp³-hybridized carbons (Fsp3) is 0.235. The molecule has 0 aliphatic heterocycles. The lowest BCUT2D eigenvalue weighted by Crippen LogP contribution is -2.12. The Kier molecular flexibility index (Phi) is 10.8. The number of benzene rings is 3. The largest absolute Gasteiger partial charge is 0.399 e. The third-order valence-corrected chi connectivity index (χ3v) is 7.67. The van der Waals surface area contributed by atoms with Crippen LogP contribution < -0.4 is 16.4 Å². The van der Waals surface area contributed by atoms with Crippen LogP contribution in [0.3, 0.4) is 0 Å². The monoisotopic (exact) mass is 611 g/mol. The van der Waals surface area contributed by atoms with Gasteiger partial charge in [0, 0.05) is 17.1 Å². The maximum Gasteiger partial charge on any atom is 0.174 e. The molecule has 2 heterocycles. The van der Waals surface area contributed by atoms with Gasteiger partial charge < -0.3 is 16.4 Å². The van der Waals surface area contributed by atoms with Gasteiger partial charge in [-0.05, 0) is 87.8 Å². The summed E-state index contributed by atoms with van der Waals surface area (Å²) in [6.45, 7) is 0. The Morgan fingerprint density at radius 1 is 0.465 bits per heavy atom. The van der Waals surface area contributed by atoms with E-state index in [0.717, 1.165) is 77.2 Å². The number of aryl methyl sites for hydroxylation is 4. The average molecular weight is 613 g/mol. The topological polar surface area (TPSA) is 102 Å². The van der Waals surface area contributed by atoms with Crippen molar-refractivity contribution in [2.75, 3.05) is 16.4 Å². The van der Waals surface area contributed by atoms with E-state index in [-0.39, 0.29) is 0 Å². The number of para-hydroxylation sites is 3. The minimum absolute atomic E-state index is 0.331. The maximum absolute atomic E-state index is 5.74. The standard InChI is InChI=1S/C20H20N4.C8H8Cl2N2.C6H7N/c1-3-9-15(10-4-1)21-19-20(22-16-11-5-2-6-12-16)24-18-14-8-7-13-17(18)23-19;9-7-8(10)12-6-4-2-1-3-5(6)11-7;7-6-4-2-1-3-5-6/h1-6,9-12H,7-8,13-14H2,(H,21,23)(H,22,24);1-4H2;1-5H,7H2. The molecule has 0 saturated carbocycles. The highest BCUT2D eigenvalue weighted by Crippen LogP contribution is 2.29. The highest BCUT2D eigenvalue weighted by molar-refractivity contribution is 6.40. The first-order valence-corrected chi connectivity index (χ1v) is 15.4. The number of nitrogens with two attached hydrogens (primary N) is 1. The van der Waals surface area contributed by atoms with Crippen LogP contribution in [0.4, 0.5) is 28.7 Å². The molecular weight excluding hydrogens is 577 g/mol. The van der Waals surface area contributed by atoms with Crippen LogP contribution in [0.1, 0.15) is 48.5 Å². The minimum Gasteiger partial charge on any atom is -0.399 e. The van der Waals surface area contributed by atoms with E-state index >= 15 is 0 Å². The van der Waals surface area contributed by atoms with Gasteiger partial charge in [0.2, 0.25) is 0 Å². The first-order chi connectivity index (χ1) is 21.0. The van der Waals surface area contributed by atoms with E-state index in [1.54, 1.807) is 0 Å².